The van der Waals surface area contributed by atoms with Crippen LogP contribution in [0.25, 0.3) is 0 Å². The number of nitrogens with one attached hydrogen (secondary N) is 1. The summed E-state index contributed by atoms with van der Waals surface area (Å²) in [6.07, 6.45) is 4.54. The van der Waals surface area contributed by atoms with E-state index in [2.05, 4.69) is 24.1 Å². The van der Waals surface area contributed by atoms with Gasteiger partial charge in [0.05, 0.1) is 6.10 Å². The normalized spacial score (nSPS) is 36.3. The fourth-order valence-electron chi connectivity index (χ4n) is 4.55. The molecular formula is C17H32N2O2. The van der Waals surface area contributed by atoms with E-state index < -0.39 is 0 Å². The first-order valence-electron chi connectivity index (χ1n) is 8.80. The van der Waals surface area contributed by atoms with Crippen molar-refractivity contribution in [3.05, 3.63) is 0 Å². The van der Waals surface area contributed by atoms with Gasteiger partial charge < -0.3 is 20.1 Å². The van der Waals surface area contributed by atoms with Gasteiger partial charge in [-0.15, -0.1) is 0 Å². The first-order valence-corrected chi connectivity index (χ1v) is 8.80. The molecule has 0 bridgehead atoms. The largest absolute Gasteiger partial charge is 0.393 e. The Hall–Kier alpha value is -0.160. The summed E-state index contributed by atoms with van der Waals surface area (Å²) in [5.74, 6) is 1.29. The lowest BCUT2D eigenvalue weighted by Crippen LogP contribution is -2.48. The van der Waals surface area contributed by atoms with E-state index >= 15 is 0 Å². The molecule has 3 atom stereocenters. The highest BCUT2D eigenvalue weighted by Gasteiger charge is 2.44. The van der Waals surface area contributed by atoms with Gasteiger partial charge in [-0.25, -0.2) is 0 Å². The van der Waals surface area contributed by atoms with Gasteiger partial charge in [0.15, 0.2) is 0 Å². The zero-order valence-corrected chi connectivity index (χ0v) is 13.7. The van der Waals surface area contributed by atoms with Crippen LogP contribution in [0.4, 0.5) is 0 Å². The summed E-state index contributed by atoms with van der Waals surface area (Å²) in [6, 6.07) is 0.546. The van der Waals surface area contributed by atoms with Crippen molar-refractivity contribution in [2.75, 3.05) is 39.4 Å². The summed E-state index contributed by atoms with van der Waals surface area (Å²) in [6.45, 7) is 10.8. The number of nitrogens with zero attached hydrogens (tertiary/aromatic N) is 1. The van der Waals surface area contributed by atoms with Gasteiger partial charge in [-0.05, 0) is 37.0 Å². The summed E-state index contributed by atoms with van der Waals surface area (Å²) in [5, 5.41) is 13.8. The molecule has 2 saturated heterocycles. The molecule has 4 heteroatoms. The van der Waals surface area contributed by atoms with Crippen LogP contribution < -0.4 is 5.32 Å². The highest BCUT2D eigenvalue weighted by Crippen LogP contribution is 2.40. The van der Waals surface area contributed by atoms with Gasteiger partial charge in [0.25, 0.3) is 0 Å². The van der Waals surface area contributed by atoms with E-state index in [0.717, 1.165) is 38.6 Å². The molecule has 21 heavy (non-hydrogen) atoms. The first-order chi connectivity index (χ1) is 10.1. The molecular weight excluding hydrogens is 264 g/mol. The monoisotopic (exact) mass is 296 g/mol. The van der Waals surface area contributed by atoms with E-state index in [-0.39, 0.29) is 6.10 Å². The molecule has 0 radical (unpaired) electrons. The predicted octanol–water partition coefficient (Wildman–Crippen LogP) is 1.48. The van der Waals surface area contributed by atoms with Gasteiger partial charge in [0.2, 0.25) is 0 Å². The van der Waals surface area contributed by atoms with E-state index in [1.165, 1.54) is 32.4 Å². The van der Waals surface area contributed by atoms with Gasteiger partial charge in [-0.2, -0.15) is 0 Å². The Morgan fingerprint density at radius 3 is 2.67 bits per heavy atom. The Morgan fingerprint density at radius 1 is 1.24 bits per heavy atom. The van der Waals surface area contributed by atoms with E-state index in [4.69, 9.17) is 4.74 Å². The topological polar surface area (TPSA) is 44.7 Å². The molecule has 2 N–H and O–H groups in total. The molecule has 1 saturated carbocycles. The van der Waals surface area contributed by atoms with Crippen LogP contribution in [0, 0.1) is 17.3 Å². The lowest BCUT2D eigenvalue weighted by atomic mass is 9.79. The van der Waals surface area contributed by atoms with E-state index in [1.807, 2.05) is 0 Å². The minimum Gasteiger partial charge on any atom is -0.393 e. The van der Waals surface area contributed by atoms with Crippen LogP contribution in [0.2, 0.25) is 0 Å². The molecule has 4 nitrogen and oxygen atoms in total. The van der Waals surface area contributed by atoms with Gasteiger partial charge in [0, 0.05) is 51.4 Å². The van der Waals surface area contributed by atoms with Crippen LogP contribution >= 0.6 is 0 Å². The fourth-order valence-corrected chi connectivity index (χ4v) is 4.55. The second-order valence-corrected chi connectivity index (χ2v) is 7.91. The number of aliphatic hydroxyl groups excluding tert-OH is 1. The Labute approximate surface area is 129 Å². The molecule has 0 aromatic rings. The summed E-state index contributed by atoms with van der Waals surface area (Å²) >= 11 is 0. The Kier molecular flexibility index (Phi) is 4.89. The summed E-state index contributed by atoms with van der Waals surface area (Å²) < 4.78 is 5.60. The SMILES string of the molecule is CC(C)NCC1(CN2CC3CCC(O)C3C2)CCOCC1. The molecule has 0 spiro atoms. The second kappa shape index (κ2) is 6.53. The third kappa shape index (κ3) is 3.61. The third-order valence-electron chi connectivity index (χ3n) is 5.89. The Morgan fingerprint density at radius 2 is 2.00 bits per heavy atom. The lowest BCUT2D eigenvalue weighted by Gasteiger charge is -2.41. The van der Waals surface area contributed by atoms with Crippen LogP contribution in [0.1, 0.15) is 39.5 Å². The fraction of sp³-hybridized carbons (Fsp3) is 1.00. The molecule has 3 rings (SSSR count). The van der Waals surface area contributed by atoms with Crippen molar-refractivity contribution >= 4 is 0 Å². The Bertz CT molecular complexity index is 342. The average Bonchev–Trinajstić information content (AvgIpc) is 3.00. The molecule has 3 fully saturated rings. The standard InChI is InChI=1S/C17H32N2O2/c1-13(2)18-11-17(5-7-21-8-6-17)12-19-9-14-3-4-16(20)15(14)10-19/h13-16,18,20H,3-12H2,1-2H3. The van der Waals surface area contributed by atoms with Crippen LogP contribution in [-0.2, 0) is 4.74 Å². The van der Waals surface area contributed by atoms with Crippen molar-refractivity contribution in [3.63, 3.8) is 0 Å². The van der Waals surface area contributed by atoms with Crippen molar-refractivity contribution in [1.82, 2.24) is 10.2 Å². The molecule has 1 aliphatic carbocycles. The van der Waals surface area contributed by atoms with Crippen molar-refractivity contribution < 1.29 is 9.84 Å². The maximum atomic E-state index is 10.1. The summed E-state index contributed by atoms with van der Waals surface area (Å²) in [5.41, 5.74) is 0.367. The minimum atomic E-state index is -0.0422. The predicted molar refractivity (Wildman–Crippen MR) is 84.3 cm³/mol. The summed E-state index contributed by atoms with van der Waals surface area (Å²) in [4.78, 5) is 2.63. The van der Waals surface area contributed by atoms with E-state index in [0.29, 0.717) is 17.4 Å². The quantitative estimate of drug-likeness (QED) is 0.807. The molecule has 3 unspecified atom stereocenters. The number of hydrogen-bond acceptors (Lipinski definition) is 4. The first kappa shape index (κ1) is 15.7. The van der Waals surface area contributed by atoms with Crippen molar-refractivity contribution in [2.24, 2.45) is 17.3 Å². The minimum absolute atomic E-state index is 0.0422. The van der Waals surface area contributed by atoms with Gasteiger partial charge in [-0.3, -0.25) is 0 Å². The lowest BCUT2D eigenvalue weighted by molar-refractivity contribution is -0.00397. The summed E-state index contributed by atoms with van der Waals surface area (Å²) in [7, 11) is 0. The van der Waals surface area contributed by atoms with Gasteiger partial charge in [-0.1, -0.05) is 13.8 Å². The van der Waals surface area contributed by atoms with Crippen molar-refractivity contribution in [2.45, 2.75) is 51.7 Å². The molecule has 0 amide bonds. The maximum Gasteiger partial charge on any atom is 0.0583 e. The third-order valence-corrected chi connectivity index (χ3v) is 5.89. The zero-order chi connectivity index (χ0) is 14.9. The Balaban J connectivity index is 1.59. The van der Waals surface area contributed by atoms with Crippen LogP contribution in [0.5, 0.6) is 0 Å². The van der Waals surface area contributed by atoms with Gasteiger partial charge >= 0.3 is 0 Å². The molecule has 122 valence electrons. The van der Waals surface area contributed by atoms with Crippen LogP contribution in [0.15, 0.2) is 0 Å². The number of hydrogen-bond donors (Lipinski definition) is 2. The molecule has 0 aromatic carbocycles. The number of aliphatic hydroxyl groups is 1. The molecule has 3 aliphatic rings. The molecule has 2 heterocycles. The zero-order valence-electron chi connectivity index (χ0n) is 13.7. The van der Waals surface area contributed by atoms with Gasteiger partial charge in [0.1, 0.15) is 0 Å². The number of likely N-dealkylation sites (tertiary alicyclic amines) is 1. The number of ether oxygens (including phenoxy) is 1. The van der Waals surface area contributed by atoms with E-state index in [1.54, 1.807) is 0 Å². The van der Waals surface area contributed by atoms with Crippen LogP contribution in [0.3, 0.4) is 0 Å². The highest BCUT2D eigenvalue weighted by molar-refractivity contribution is 4.96. The smallest absolute Gasteiger partial charge is 0.0583 e. The van der Waals surface area contributed by atoms with E-state index in [9.17, 15) is 5.11 Å². The second-order valence-electron chi connectivity index (χ2n) is 7.91. The number of fused-ring (bicyclic) bond motifs is 1. The van der Waals surface area contributed by atoms with Crippen molar-refractivity contribution in [1.29, 1.82) is 0 Å². The van der Waals surface area contributed by atoms with Crippen LogP contribution in [-0.4, -0.2) is 61.5 Å². The molecule has 2 aliphatic heterocycles. The maximum absolute atomic E-state index is 10.1. The number of rotatable bonds is 5. The van der Waals surface area contributed by atoms with Crippen molar-refractivity contribution in [3.8, 4) is 0 Å². The molecule has 0 aromatic heterocycles. The highest BCUT2D eigenvalue weighted by atomic mass is 16.5. The average molecular weight is 296 g/mol.